The topological polar surface area (TPSA) is 86.8 Å². The van der Waals surface area contributed by atoms with E-state index in [2.05, 4.69) is 5.32 Å². The van der Waals surface area contributed by atoms with E-state index in [-0.39, 0.29) is 29.8 Å². The molecule has 2 atom stereocenters. The Hall–Kier alpha value is -4.43. The molecule has 43 heavy (non-hydrogen) atoms. The first-order valence-electron chi connectivity index (χ1n) is 14.5. The van der Waals surface area contributed by atoms with Gasteiger partial charge in [0.15, 0.2) is 0 Å². The molecule has 0 aliphatic heterocycles. The lowest BCUT2D eigenvalue weighted by Gasteiger charge is -2.34. The van der Waals surface area contributed by atoms with Crippen LogP contribution in [0.5, 0.6) is 0 Å². The number of benzene rings is 4. The van der Waals surface area contributed by atoms with Gasteiger partial charge in [-0.15, -0.1) is 0 Å². The first-order chi connectivity index (χ1) is 20.7. The monoisotopic (exact) mass is 597 g/mol. The van der Waals surface area contributed by atoms with E-state index in [1.165, 1.54) is 17.0 Å². The molecule has 7 nitrogen and oxygen atoms in total. The molecule has 0 aliphatic carbocycles. The zero-order valence-electron chi connectivity index (χ0n) is 24.9. The second-order valence-electron chi connectivity index (χ2n) is 10.7. The summed E-state index contributed by atoms with van der Waals surface area (Å²) >= 11 is 0. The number of hydrogen-bond acceptors (Lipinski definition) is 4. The van der Waals surface area contributed by atoms with Gasteiger partial charge in [-0.2, -0.15) is 0 Å². The molecular formula is C35H39N3O4S. The molecule has 0 saturated heterocycles. The number of carbonyl (C=O) groups excluding carboxylic acids is 2. The highest BCUT2D eigenvalue weighted by molar-refractivity contribution is 7.92. The molecule has 0 aromatic heterocycles. The Balaban J connectivity index is 1.78. The Morgan fingerprint density at radius 2 is 1.30 bits per heavy atom. The van der Waals surface area contributed by atoms with Crippen molar-refractivity contribution in [3.63, 3.8) is 0 Å². The van der Waals surface area contributed by atoms with Crippen LogP contribution in [0.15, 0.2) is 120 Å². The minimum Gasteiger partial charge on any atom is -0.352 e. The van der Waals surface area contributed by atoms with E-state index in [1.807, 2.05) is 93.6 Å². The summed E-state index contributed by atoms with van der Waals surface area (Å²) in [5.74, 6) is -0.764. The van der Waals surface area contributed by atoms with Crippen molar-refractivity contribution in [3.05, 3.63) is 132 Å². The molecule has 4 aromatic carbocycles. The van der Waals surface area contributed by atoms with Gasteiger partial charge in [0.05, 0.1) is 10.6 Å². The van der Waals surface area contributed by atoms with E-state index in [0.717, 1.165) is 27.4 Å². The average molecular weight is 598 g/mol. The third-order valence-corrected chi connectivity index (χ3v) is 9.19. The van der Waals surface area contributed by atoms with Crippen molar-refractivity contribution in [2.45, 2.75) is 57.1 Å². The van der Waals surface area contributed by atoms with E-state index in [4.69, 9.17) is 0 Å². The number of rotatable bonds is 13. The number of hydrogen-bond donors (Lipinski definition) is 1. The maximum absolute atomic E-state index is 14.4. The number of amides is 2. The van der Waals surface area contributed by atoms with Crippen LogP contribution < -0.4 is 9.62 Å². The zero-order chi connectivity index (χ0) is 30.8. The number of nitrogens with one attached hydrogen (secondary N) is 1. The molecule has 0 bridgehead atoms. The molecule has 1 N–H and O–H groups in total. The third kappa shape index (κ3) is 8.32. The van der Waals surface area contributed by atoms with Gasteiger partial charge in [0.25, 0.3) is 10.0 Å². The molecule has 0 heterocycles. The fraction of sp³-hybridized carbons (Fsp3) is 0.257. The number of sulfonamides is 1. The van der Waals surface area contributed by atoms with Crippen molar-refractivity contribution in [3.8, 4) is 0 Å². The second-order valence-corrected chi connectivity index (χ2v) is 12.6. The summed E-state index contributed by atoms with van der Waals surface area (Å²) in [7, 11) is -4.11. The Kier molecular flexibility index (Phi) is 10.7. The van der Waals surface area contributed by atoms with Crippen LogP contribution in [0.2, 0.25) is 0 Å². The Morgan fingerprint density at radius 1 is 0.767 bits per heavy atom. The van der Waals surface area contributed by atoms with Gasteiger partial charge in [-0.25, -0.2) is 8.42 Å². The molecule has 8 heteroatoms. The second kappa shape index (κ2) is 14.6. The lowest BCUT2D eigenvalue weighted by Crippen LogP contribution is -2.54. The molecule has 4 aromatic rings. The van der Waals surface area contributed by atoms with Gasteiger partial charge in [-0.1, -0.05) is 103 Å². The van der Waals surface area contributed by atoms with Gasteiger partial charge in [0, 0.05) is 19.0 Å². The zero-order valence-corrected chi connectivity index (χ0v) is 25.7. The highest BCUT2D eigenvalue weighted by Crippen LogP contribution is 2.25. The van der Waals surface area contributed by atoms with Gasteiger partial charge in [0.1, 0.15) is 12.6 Å². The predicted octanol–water partition coefficient (Wildman–Crippen LogP) is 5.75. The maximum Gasteiger partial charge on any atom is 0.264 e. The number of carbonyl (C=O) groups is 2. The molecule has 0 spiro atoms. The van der Waals surface area contributed by atoms with Gasteiger partial charge < -0.3 is 10.2 Å². The predicted molar refractivity (Wildman–Crippen MR) is 171 cm³/mol. The molecule has 0 fully saturated rings. The van der Waals surface area contributed by atoms with Crippen molar-refractivity contribution in [2.75, 3.05) is 10.8 Å². The summed E-state index contributed by atoms with van der Waals surface area (Å²) in [6.45, 7) is 5.48. The molecule has 2 amide bonds. The lowest BCUT2D eigenvalue weighted by molar-refractivity contribution is -0.140. The summed E-state index contributed by atoms with van der Waals surface area (Å²) in [4.78, 5) is 29.8. The smallest absolute Gasteiger partial charge is 0.264 e. The fourth-order valence-corrected chi connectivity index (χ4v) is 6.17. The highest BCUT2D eigenvalue weighted by Gasteiger charge is 2.34. The van der Waals surface area contributed by atoms with Crippen LogP contribution in [0.1, 0.15) is 37.0 Å². The minimum absolute atomic E-state index is 0.0772. The molecule has 224 valence electrons. The fourth-order valence-electron chi connectivity index (χ4n) is 4.73. The first kappa shape index (κ1) is 31.5. The summed E-state index contributed by atoms with van der Waals surface area (Å²) < 4.78 is 29.1. The van der Waals surface area contributed by atoms with E-state index in [0.29, 0.717) is 5.69 Å². The van der Waals surface area contributed by atoms with Gasteiger partial charge in [0.2, 0.25) is 11.8 Å². The number of anilines is 1. The van der Waals surface area contributed by atoms with Crippen molar-refractivity contribution >= 4 is 27.5 Å². The van der Waals surface area contributed by atoms with Crippen molar-refractivity contribution < 1.29 is 18.0 Å². The quantitative estimate of drug-likeness (QED) is 0.213. The molecule has 0 saturated carbocycles. The van der Waals surface area contributed by atoms with Crippen LogP contribution in [0.25, 0.3) is 0 Å². The molecular weight excluding hydrogens is 558 g/mol. The molecule has 0 unspecified atom stereocenters. The number of aryl methyl sites for hydroxylation is 1. The van der Waals surface area contributed by atoms with Crippen molar-refractivity contribution in [1.82, 2.24) is 10.2 Å². The van der Waals surface area contributed by atoms with Crippen molar-refractivity contribution in [2.24, 2.45) is 0 Å². The van der Waals surface area contributed by atoms with E-state index < -0.39 is 28.5 Å². The SMILES string of the molecule is CC[C@@H](C)NC(=O)[C@@H](Cc1ccccc1)N(Cc1ccccc1)C(=O)CN(c1ccc(C)cc1)S(=O)(=O)c1ccccc1. The van der Waals surface area contributed by atoms with Crippen LogP contribution in [0, 0.1) is 6.92 Å². The Labute approximate surface area is 255 Å². The van der Waals surface area contributed by atoms with E-state index >= 15 is 0 Å². The van der Waals surface area contributed by atoms with Crippen molar-refractivity contribution in [1.29, 1.82) is 0 Å². The highest BCUT2D eigenvalue weighted by atomic mass is 32.2. The Bertz CT molecular complexity index is 1580. The maximum atomic E-state index is 14.4. The normalized spacial score (nSPS) is 12.6. The lowest BCUT2D eigenvalue weighted by atomic mass is 10.0. The van der Waals surface area contributed by atoms with Gasteiger partial charge in [-0.3, -0.25) is 13.9 Å². The van der Waals surface area contributed by atoms with Crippen LogP contribution in [0.4, 0.5) is 5.69 Å². The molecule has 0 radical (unpaired) electrons. The van der Waals surface area contributed by atoms with Crippen LogP contribution in [-0.4, -0.2) is 43.8 Å². The summed E-state index contributed by atoms with van der Waals surface area (Å²) in [6.07, 6.45) is 1.00. The minimum atomic E-state index is -4.11. The van der Waals surface area contributed by atoms with E-state index in [1.54, 1.807) is 30.3 Å². The van der Waals surface area contributed by atoms with Crippen LogP contribution >= 0.6 is 0 Å². The van der Waals surface area contributed by atoms with Crippen LogP contribution in [-0.2, 0) is 32.6 Å². The third-order valence-electron chi connectivity index (χ3n) is 7.40. The van der Waals surface area contributed by atoms with Crippen LogP contribution in [0.3, 0.4) is 0 Å². The standard InChI is InChI=1S/C35H39N3O4S/c1-4-28(3)36-35(40)33(24-29-14-8-5-9-15-29)37(25-30-16-10-6-11-17-30)34(39)26-38(31-22-20-27(2)21-23-31)43(41,42)32-18-12-7-13-19-32/h5-23,28,33H,4,24-26H2,1-3H3,(H,36,40)/t28-,33-/m1/s1. The van der Waals surface area contributed by atoms with E-state index in [9.17, 15) is 18.0 Å². The Morgan fingerprint density at radius 3 is 1.86 bits per heavy atom. The number of nitrogens with zero attached hydrogens (tertiary/aromatic N) is 2. The average Bonchev–Trinajstić information content (AvgIpc) is 3.03. The largest absolute Gasteiger partial charge is 0.352 e. The molecule has 0 aliphatic rings. The summed E-state index contributed by atoms with van der Waals surface area (Å²) in [5, 5.41) is 3.05. The van der Waals surface area contributed by atoms with Gasteiger partial charge in [-0.05, 0) is 55.7 Å². The first-order valence-corrected chi connectivity index (χ1v) is 15.9. The summed E-state index contributed by atoms with van der Waals surface area (Å²) in [6, 6.07) is 33.1. The summed E-state index contributed by atoms with van der Waals surface area (Å²) in [5.41, 5.74) is 3.05. The molecule has 4 rings (SSSR count). The van der Waals surface area contributed by atoms with Gasteiger partial charge >= 0.3 is 0 Å².